The van der Waals surface area contributed by atoms with E-state index >= 15 is 0 Å². The van der Waals surface area contributed by atoms with Crippen molar-refractivity contribution in [3.8, 4) is 0 Å². The average Bonchev–Trinajstić information content (AvgIpc) is 3.29. The molecule has 0 radical (unpaired) electrons. The molecule has 0 saturated heterocycles. The lowest BCUT2D eigenvalue weighted by molar-refractivity contribution is 0.288. The van der Waals surface area contributed by atoms with Crippen molar-refractivity contribution in [2.75, 3.05) is 6.61 Å². The van der Waals surface area contributed by atoms with Crippen molar-refractivity contribution >= 4 is 17.7 Å². The Hall–Kier alpha value is -2.90. The number of aliphatic hydroxyl groups is 1. The molecule has 0 saturated carbocycles. The number of benzene rings is 3. The van der Waals surface area contributed by atoms with Crippen LogP contribution < -0.4 is 10.4 Å². The first-order chi connectivity index (χ1) is 14.2. The molecule has 0 aliphatic heterocycles. The molecule has 1 heteroatoms. The van der Waals surface area contributed by atoms with Gasteiger partial charge in [-0.2, -0.15) is 0 Å². The van der Waals surface area contributed by atoms with Crippen LogP contribution in [-0.4, -0.2) is 11.7 Å². The van der Waals surface area contributed by atoms with Gasteiger partial charge in [-0.25, -0.2) is 0 Å². The maximum absolute atomic E-state index is 9.48. The molecular formula is C28H26O. The van der Waals surface area contributed by atoms with Gasteiger partial charge in [-0.1, -0.05) is 77.9 Å². The normalized spacial score (nSPS) is 16.0. The zero-order valence-electron chi connectivity index (χ0n) is 17.1. The standard InChI is InChI=1S/C28H26O/c1-18(2)22-13-14-25-23-11-5-3-9-20(23)17-26(25)28(22)27-21(10-7-15-29)16-19-8-4-6-12-24(19)27/h3-6,8-9,11-14,16-17,27,29H,7,10,15H2,1-2H3. The van der Waals surface area contributed by atoms with Gasteiger partial charge >= 0.3 is 0 Å². The molecule has 0 fully saturated rings. The van der Waals surface area contributed by atoms with Crippen LogP contribution in [0.15, 0.2) is 66.2 Å². The Labute approximate surface area is 171 Å². The molecule has 0 heterocycles. The van der Waals surface area contributed by atoms with Crippen LogP contribution in [0.2, 0.25) is 0 Å². The molecule has 0 bridgehead atoms. The Bertz CT molecular complexity index is 1350. The van der Waals surface area contributed by atoms with Crippen molar-refractivity contribution in [3.63, 3.8) is 0 Å². The van der Waals surface area contributed by atoms with Crippen LogP contribution in [0.5, 0.6) is 0 Å². The molecule has 3 aromatic rings. The lowest BCUT2D eigenvalue weighted by Gasteiger charge is -2.21. The van der Waals surface area contributed by atoms with Crippen molar-refractivity contribution in [2.24, 2.45) is 0 Å². The van der Waals surface area contributed by atoms with E-state index in [1.807, 2.05) is 0 Å². The van der Waals surface area contributed by atoms with Gasteiger partial charge in [0.25, 0.3) is 0 Å². The van der Waals surface area contributed by atoms with Crippen LogP contribution >= 0.6 is 0 Å². The molecule has 0 amide bonds. The third-order valence-corrected chi connectivity index (χ3v) is 6.31. The van der Waals surface area contributed by atoms with Crippen LogP contribution in [0, 0.1) is 10.4 Å². The number of allylic oxidation sites excluding steroid dienone is 1. The smallest absolute Gasteiger partial charge is 0.0434 e. The fourth-order valence-corrected chi connectivity index (χ4v) is 5.03. The van der Waals surface area contributed by atoms with E-state index in [4.69, 9.17) is 0 Å². The molecule has 0 aromatic heterocycles. The first-order valence-electron chi connectivity index (χ1n) is 10.5. The number of rotatable bonds is 4. The SMILES string of the molecule is CC(C)=c1ccc2c(c1C1C(CCCO)=Cc3ccccc31)C=c1ccccc1=2. The Morgan fingerprint density at radius 3 is 2.48 bits per heavy atom. The second-order valence-corrected chi connectivity index (χ2v) is 8.33. The molecule has 5 rings (SSSR count). The Morgan fingerprint density at radius 1 is 0.862 bits per heavy atom. The third kappa shape index (κ3) is 2.89. The largest absolute Gasteiger partial charge is 0.396 e. The zero-order chi connectivity index (χ0) is 20.0. The summed E-state index contributed by atoms with van der Waals surface area (Å²) in [5, 5.41) is 14.8. The molecule has 2 aliphatic rings. The molecule has 2 aliphatic carbocycles. The molecule has 1 unspecified atom stereocenters. The van der Waals surface area contributed by atoms with Crippen molar-refractivity contribution in [3.05, 3.63) is 109 Å². The van der Waals surface area contributed by atoms with Crippen LogP contribution in [0.3, 0.4) is 0 Å². The minimum atomic E-state index is 0.233. The number of aliphatic hydroxyl groups excluding tert-OH is 1. The number of fused-ring (bicyclic) bond motifs is 3. The Kier molecular flexibility index (Phi) is 4.49. The summed E-state index contributed by atoms with van der Waals surface area (Å²) in [6, 6.07) is 22.1. The molecular weight excluding hydrogens is 352 g/mol. The molecule has 29 heavy (non-hydrogen) atoms. The van der Waals surface area contributed by atoms with Gasteiger partial charge in [0, 0.05) is 12.5 Å². The predicted molar refractivity (Wildman–Crippen MR) is 121 cm³/mol. The van der Waals surface area contributed by atoms with E-state index in [0.717, 1.165) is 12.8 Å². The highest BCUT2D eigenvalue weighted by atomic mass is 16.2. The van der Waals surface area contributed by atoms with E-state index in [1.165, 1.54) is 54.3 Å². The van der Waals surface area contributed by atoms with Gasteiger partial charge in [-0.3, -0.25) is 0 Å². The van der Waals surface area contributed by atoms with Gasteiger partial charge in [-0.15, -0.1) is 0 Å². The number of hydrogen-bond acceptors (Lipinski definition) is 1. The lowest BCUT2D eigenvalue weighted by atomic mass is 9.82. The summed E-state index contributed by atoms with van der Waals surface area (Å²) < 4.78 is 0. The first kappa shape index (κ1) is 18.1. The van der Waals surface area contributed by atoms with Crippen molar-refractivity contribution in [2.45, 2.75) is 32.6 Å². The Balaban J connectivity index is 1.86. The van der Waals surface area contributed by atoms with Crippen LogP contribution in [0.25, 0.3) is 17.7 Å². The topological polar surface area (TPSA) is 20.2 Å². The maximum Gasteiger partial charge on any atom is 0.0434 e. The first-order valence-corrected chi connectivity index (χ1v) is 10.5. The van der Waals surface area contributed by atoms with Gasteiger partial charge < -0.3 is 5.11 Å². The maximum atomic E-state index is 9.48. The monoisotopic (exact) mass is 378 g/mol. The van der Waals surface area contributed by atoms with Crippen molar-refractivity contribution in [1.82, 2.24) is 0 Å². The molecule has 1 nitrogen and oxygen atoms in total. The molecule has 1 N–H and O–H groups in total. The quantitative estimate of drug-likeness (QED) is 0.550. The highest BCUT2D eigenvalue weighted by Crippen LogP contribution is 2.43. The van der Waals surface area contributed by atoms with E-state index in [-0.39, 0.29) is 12.5 Å². The molecule has 0 spiro atoms. The van der Waals surface area contributed by atoms with Crippen molar-refractivity contribution in [1.29, 1.82) is 0 Å². The summed E-state index contributed by atoms with van der Waals surface area (Å²) in [6.45, 7) is 4.66. The van der Waals surface area contributed by atoms with E-state index in [9.17, 15) is 5.11 Å². The van der Waals surface area contributed by atoms with Gasteiger partial charge in [0.2, 0.25) is 0 Å². The summed E-state index contributed by atoms with van der Waals surface area (Å²) in [5.41, 5.74) is 8.26. The van der Waals surface area contributed by atoms with E-state index < -0.39 is 0 Å². The van der Waals surface area contributed by atoms with Crippen LogP contribution in [-0.2, 0) is 0 Å². The third-order valence-electron chi connectivity index (χ3n) is 6.31. The molecule has 1 atom stereocenters. The highest BCUT2D eigenvalue weighted by molar-refractivity contribution is 5.73. The second kappa shape index (κ2) is 7.17. The predicted octanol–water partition coefficient (Wildman–Crippen LogP) is 4.61. The Morgan fingerprint density at radius 2 is 1.66 bits per heavy atom. The summed E-state index contributed by atoms with van der Waals surface area (Å²) in [5.74, 6) is 0.253. The van der Waals surface area contributed by atoms with Gasteiger partial charge in [0.15, 0.2) is 0 Å². The molecule has 3 aromatic carbocycles. The van der Waals surface area contributed by atoms with E-state index in [0.29, 0.717) is 0 Å². The lowest BCUT2D eigenvalue weighted by Crippen LogP contribution is -2.19. The molecule has 144 valence electrons. The fraction of sp³-hybridized carbons (Fsp3) is 0.214. The van der Waals surface area contributed by atoms with Gasteiger partial charge in [0.1, 0.15) is 0 Å². The highest BCUT2D eigenvalue weighted by Gasteiger charge is 2.29. The van der Waals surface area contributed by atoms with Crippen LogP contribution in [0.4, 0.5) is 0 Å². The minimum Gasteiger partial charge on any atom is -0.396 e. The zero-order valence-corrected chi connectivity index (χ0v) is 17.1. The van der Waals surface area contributed by atoms with Crippen LogP contribution in [0.1, 0.15) is 54.9 Å². The second-order valence-electron chi connectivity index (χ2n) is 8.33. The fourth-order valence-electron chi connectivity index (χ4n) is 5.03. The summed E-state index contributed by atoms with van der Waals surface area (Å²) in [6.07, 6.45) is 6.46. The summed E-state index contributed by atoms with van der Waals surface area (Å²) in [4.78, 5) is 0. The summed E-state index contributed by atoms with van der Waals surface area (Å²) >= 11 is 0. The van der Waals surface area contributed by atoms with E-state index in [1.54, 1.807) is 0 Å². The van der Waals surface area contributed by atoms with Crippen molar-refractivity contribution < 1.29 is 5.11 Å². The van der Waals surface area contributed by atoms with E-state index in [2.05, 4.69) is 86.7 Å². The summed E-state index contributed by atoms with van der Waals surface area (Å²) in [7, 11) is 0. The van der Waals surface area contributed by atoms with Gasteiger partial charge in [0.05, 0.1) is 0 Å². The van der Waals surface area contributed by atoms with Gasteiger partial charge in [-0.05, 0) is 75.9 Å². The average molecular weight is 379 g/mol. The minimum absolute atomic E-state index is 0.233. The number of hydrogen-bond donors (Lipinski definition) is 1.